The normalized spacial score (nSPS) is 14.7. The average molecular weight is 413 g/mol. The molecule has 7 heteroatoms. The van der Waals surface area contributed by atoms with Crippen molar-refractivity contribution in [2.75, 3.05) is 39.3 Å². The predicted octanol–water partition coefficient (Wildman–Crippen LogP) is 2.74. The van der Waals surface area contributed by atoms with Crippen molar-refractivity contribution in [2.45, 2.75) is 30.7 Å². The highest BCUT2D eigenvalue weighted by Crippen LogP contribution is 2.30. The molecule has 0 saturated carbocycles. The molecule has 154 valence electrons. The molecule has 1 aromatic carbocycles. The third-order valence-electron chi connectivity index (χ3n) is 5.10. The summed E-state index contributed by atoms with van der Waals surface area (Å²) in [5, 5.41) is 3.55. The van der Waals surface area contributed by atoms with Crippen molar-refractivity contribution in [3.05, 3.63) is 53.2 Å². The monoisotopic (exact) mass is 412 g/mol. The van der Waals surface area contributed by atoms with Crippen LogP contribution in [0.3, 0.4) is 0 Å². The largest absolute Gasteiger partial charge is 0.355 e. The van der Waals surface area contributed by atoms with Crippen molar-refractivity contribution >= 4 is 23.6 Å². The Morgan fingerprint density at radius 2 is 1.86 bits per heavy atom. The van der Waals surface area contributed by atoms with Crippen molar-refractivity contribution in [3.63, 3.8) is 0 Å². The number of pyridine rings is 1. The van der Waals surface area contributed by atoms with Crippen LogP contribution in [-0.4, -0.2) is 65.9 Å². The first-order valence-corrected chi connectivity index (χ1v) is 10.8. The molecule has 0 radical (unpaired) electrons. The first kappa shape index (κ1) is 21.3. The van der Waals surface area contributed by atoms with E-state index in [1.54, 1.807) is 6.20 Å². The van der Waals surface area contributed by atoms with Crippen LogP contribution >= 0.6 is 11.8 Å². The van der Waals surface area contributed by atoms with Gasteiger partial charge in [0, 0.05) is 43.8 Å². The van der Waals surface area contributed by atoms with Crippen molar-refractivity contribution < 1.29 is 9.59 Å². The number of carbonyl (C=O) groups excluding carboxylic acids is 2. The summed E-state index contributed by atoms with van der Waals surface area (Å²) in [6.07, 6.45) is 1.73. The maximum atomic E-state index is 13.1. The minimum Gasteiger partial charge on any atom is -0.355 e. The van der Waals surface area contributed by atoms with Gasteiger partial charge in [0.1, 0.15) is 5.03 Å². The van der Waals surface area contributed by atoms with Crippen LogP contribution < -0.4 is 5.32 Å². The number of hydrogen-bond acceptors (Lipinski definition) is 5. The van der Waals surface area contributed by atoms with Gasteiger partial charge in [-0.3, -0.25) is 14.5 Å². The zero-order valence-corrected chi connectivity index (χ0v) is 18.1. The van der Waals surface area contributed by atoms with Gasteiger partial charge in [0.2, 0.25) is 5.91 Å². The number of rotatable bonds is 6. The minimum atomic E-state index is 0.00194. The second-order valence-corrected chi connectivity index (χ2v) is 8.29. The molecule has 1 aromatic heterocycles. The topological polar surface area (TPSA) is 65.5 Å². The fourth-order valence-corrected chi connectivity index (χ4v) is 4.23. The summed E-state index contributed by atoms with van der Waals surface area (Å²) in [6.45, 7) is 9.73. The molecule has 1 N–H and O–H groups in total. The van der Waals surface area contributed by atoms with Gasteiger partial charge in [-0.1, -0.05) is 17.8 Å². The summed E-state index contributed by atoms with van der Waals surface area (Å²) < 4.78 is 0. The van der Waals surface area contributed by atoms with Crippen LogP contribution in [0.4, 0.5) is 0 Å². The molecule has 0 bridgehead atoms. The number of aryl methyl sites for hydroxylation is 2. The molecule has 2 amide bonds. The fourth-order valence-electron chi connectivity index (χ4n) is 3.26. The van der Waals surface area contributed by atoms with E-state index in [0.717, 1.165) is 9.92 Å². The number of likely N-dealkylation sites (N-methyl/N-ethyl adjacent to an activating group) is 1. The highest BCUT2D eigenvalue weighted by molar-refractivity contribution is 7.99. The van der Waals surface area contributed by atoms with Crippen molar-refractivity contribution in [3.8, 4) is 0 Å². The Balaban J connectivity index is 1.66. The fraction of sp³-hybridized carbons (Fsp3) is 0.409. The Hall–Kier alpha value is -2.38. The Kier molecular flexibility index (Phi) is 7.28. The van der Waals surface area contributed by atoms with Crippen LogP contribution in [0, 0.1) is 13.8 Å². The number of nitrogens with one attached hydrogen (secondary N) is 1. The molecule has 1 aliphatic heterocycles. The summed E-state index contributed by atoms with van der Waals surface area (Å²) in [5.41, 5.74) is 3.10. The summed E-state index contributed by atoms with van der Waals surface area (Å²) in [4.78, 5) is 34.4. The van der Waals surface area contributed by atoms with Crippen LogP contribution in [0.15, 0.2) is 46.5 Å². The van der Waals surface area contributed by atoms with Gasteiger partial charge in [-0.05, 0) is 56.2 Å². The quantitative estimate of drug-likeness (QED) is 0.790. The molecule has 0 spiro atoms. The summed E-state index contributed by atoms with van der Waals surface area (Å²) in [6, 6.07) is 9.94. The van der Waals surface area contributed by atoms with E-state index in [0.29, 0.717) is 44.8 Å². The van der Waals surface area contributed by atoms with E-state index >= 15 is 0 Å². The van der Waals surface area contributed by atoms with E-state index in [1.165, 1.54) is 22.9 Å². The number of amides is 2. The zero-order chi connectivity index (χ0) is 20.8. The van der Waals surface area contributed by atoms with Gasteiger partial charge in [-0.15, -0.1) is 0 Å². The molecule has 0 aliphatic carbocycles. The van der Waals surface area contributed by atoms with E-state index < -0.39 is 0 Å². The average Bonchev–Trinajstić information content (AvgIpc) is 2.71. The minimum absolute atomic E-state index is 0.00194. The zero-order valence-electron chi connectivity index (χ0n) is 17.3. The molecule has 0 unspecified atom stereocenters. The van der Waals surface area contributed by atoms with Crippen LogP contribution in [0.25, 0.3) is 0 Å². The smallest absolute Gasteiger partial charge is 0.256 e. The number of nitrogens with zero attached hydrogens (tertiary/aromatic N) is 3. The molecule has 2 aromatic rings. The SMILES string of the molecule is CCNC(=O)CN1CCN(C(=O)c2cccnc2Sc2ccc(C)c(C)c2)CC1. The molecule has 29 heavy (non-hydrogen) atoms. The summed E-state index contributed by atoms with van der Waals surface area (Å²) in [5.74, 6) is 0.0358. The molecular formula is C22H28N4O2S. The van der Waals surface area contributed by atoms with Crippen LogP contribution in [0.1, 0.15) is 28.4 Å². The Labute approximate surface area is 176 Å². The van der Waals surface area contributed by atoms with Gasteiger partial charge < -0.3 is 10.2 Å². The lowest BCUT2D eigenvalue weighted by Crippen LogP contribution is -2.51. The van der Waals surface area contributed by atoms with Crippen LogP contribution in [0.2, 0.25) is 0 Å². The van der Waals surface area contributed by atoms with Crippen LogP contribution in [-0.2, 0) is 4.79 Å². The van der Waals surface area contributed by atoms with Gasteiger partial charge in [0.15, 0.2) is 0 Å². The molecule has 2 heterocycles. The van der Waals surface area contributed by atoms with Crippen LogP contribution in [0.5, 0.6) is 0 Å². The van der Waals surface area contributed by atoms with Gasteiger partial charge in [0.05, 0.1) is 12.1 Å². The van der Waals surface area contributed by atoms with E-state index in [-0.39, 0.29) is 11.8 Å². The second kappa shape index (κ2) is 9.89. The van der Waals surface area contributed by atoms with E-state index in [2.05, 4.69) is 47.2 Å². The van der Waals surface area contributed by atoms with E-state index in [1.807, 2.05) is 24.0 Å². The molecule has 6 nitrogen and oxygen atoms in total. The molecule has 1 fully saturated rings. The van der Waals surface area contributed by atoms with Gasteiger partial charge in [-0.2, -0.15) is 0 Å². The second-order valence-electron chi connectivity index (χ2n) is 7.23. The number of carbonyl (C=O) groups is 2. The first-order valence-electron chi connectivity index (χ1n) is 9.96. The Morgan fingerprint density at radius 3 is 2.55 bits per heavy atom. The summed E-state index contributed by atoms with van der Waals surface area (Å²) >= 11 is 1.52. The summed E-state index contributed by atoms with van der Waals surface area (Å²) in [7, 11) is 0. The molecule has 1 aliphatic rings. The lowest BCUT2D eigenvalue weighted by molar-refractivity contribution is -0.122. The number of aromatic nitrogens is 1. The number of piperazine rings is 1. The van der Waals surface area contributed by atoms with Crippen molar-refractivity contribution in [1.82, 2.24) is 20.1 Å². The molecular weight excluding hydrogens is 384 g/mol. The van der Waals surface area contributed by atoms with E-state index in [4.69, 9.17) is 0 Å². The predicted molar refractivity (Wildman–Crippen MR) is 115 cm³/mol. The Bertz CT molecular complexity index is 879. The molecule has 1 saturated heterocycles. The third-order valence-corrected chi connectivity index (χ3v) is 6.10. The maximum Gasteiger partial charge on any atom is 0.256 e. The number of benzene rings is 1. The van der Waals surface area contributed by atoms with E-state index in [9.17, 15) is 9.59 Å². The van der Waals surface area contributed by atoms with Gasteiger partial charge in [0.25, 0.3) is 5.91 Å². The standard InChI is InChI=1S/C22H28N4O2S/c1-4-23-20(27)15-25-10-12-26(13-11-25)22(28)19-6-5-9-24-21(19)29-18-8-7-16(2)17(3)14-18/h5-9,14H,4,10-13,15H2,1-3H3,(H,23,27). The van der Waals surface area contributed by atoms with Crippen molar-refractivity contribution in [1.29, 1.82) is 0 Å². The molecule has 0 atom stereocenters. The highest BCUT2D eigenvalue weighted by atomic mass is 32.2. The lowest BCUT2D eigenvalue weighted by Gasteiger charge is -2.34. The maximum absolute atomic E-state index is 13.1. The Morgan fingerprint density at radius 1 is 1.10 bits per heavy atom. The van der Waals surface area contributed by atoms with Gasteiger partial charge >= 0.3 is 0 Å². The van der Waals surface area contributed by atoms with Gasteiger partial charge in [-0.25, -0.2) is 4.98 Å². The lowest BCUT2D eigenvalue weighted by atomic mass is 10.1. The number of hydrogen-bond donors (Lipinski definition) is 1. The first-order chi connectivity index (χ1) is 14.0. The highest BCUT2D eigenvalue weighted by Gasteiger charge is 2.25. The molecule has 3 rings (SSSR count). The third kappa shape index (κ3) is 5.58. The van der Waals surface area contributed by atoms with Crippen molar-refractivity contribution in [2.24, 2.45) is 0 Å².